The van der Waals surface area contributed by atoms with E-state index < -0.39 is 0 Å². The monoisotopic (exact) mass is 801 g/mol. The Bertz CT molecular complexity index is 3850. The maximum Gasteiger partial charge on any atom is 0.0561 e. The average molecular weight is 802 g/mol. The van der Waals surface area contributed by atoms with Crippen molar-refractivity contribution in [2.45, 2.75) is 0 Å². The molecule has 13 aromatic rings. The van der Waals surface area contributed by atoms with Crippen LogP contribution in [0.3, 0.4) is 0 Å². The summed E-state index contributed by atoms with van der Waals surface area (Å²) in [6.07, 6.45) is 0. The van der Waals surface area contributed by atoms with Crippen LogP contribution in [0.5, 0.6) is 0 Å². The van der Waals surface area contributed by atoms with Crippen LogP contribution in [0.25, 0.3) is 116 Å². The van der Waals surface area contributed by atoms with E-state index in [1.807, 2.05) is 0 Å². The van der Waals surface area contributed by atoms with Crippen LogP contribution in [0.2, 0.25) is 0 Å². The van der Waals surface area contributed by atoms with Gasteiger partial charge in [-0.15, -0.1) is 0 Å². The van der Waals surface area contributed by atoms with Gasteiger partial charge >= 0.3 is 0 Å². The summed E-state index contributed by atoms with van der Waals surface area (Å²) in [5.41, 5.74) is 17.7. The van der Waals surface area contributed by atoms with E-state index in [2.05, 4.69) is 250 Å². The van der Waals surface area contributed by atoms with Crippen LogP contribution in [0.15, 0.2) is 237 Å². The molecule has 3 heteroatoms. The van der Waals surface area contributed by atoms with Crippen molar-refractivity contribution in [3.63, 3.8) is 0 Å². The molecule has 3 nitrogen and oxygen atoms in total. The first-order chi connectivity index (χ1) is 31.2. The van der Waals surface area contributed by atoms with Gasteiger partial charge in [-0.25, -0.2) is 0 Å². The van der Waals surface area contributed by atoms with E-state index in [-0.39, 0.29) is 0 Å². The molecular weight excluding hydrogens is 763 g/mol. The summed E-state index contributed by atoms with van der Waals surface area (Å²) in [4.78, 5) is 0. The molecule has 0 aliphatic rings. The van der Waals surface area contributed by atoms with Crippen LogP contribution in [0.1, 0.15) is 0 Å². The molecule has 63 heavy (non-hydrogen) atoms. The fourth-order valence-electron chi connectivity index (χ4n) is 10.2. The number of hydrogen-bond acceptors (Lipinski definition) is 0. The molecule has 3 heterocycles. The van der Waals surface area contributed by atoms with Gasteiger partial charge in [-0.05, 0) is 112 Å². The second-order valence-electron chi connectivity index (χ2n) is 16.6. The van der Waals surface area contributed by atoms with Crippen molar-refractivity contribution in [2.75, 3.05) is 0 Å². The van der Waals surface area contributed by atoms with Crippen LogP contribution in [-0.4, -0.2) is 13.7 Å². The lowest BCUT2D eigenvalue weighted by molar-refractivity contribution is 1.15. The predicted molar refractivity (Wildman–Crippen MR) is 266 cm³/mol. The number of rotatable bonds is 6. The van der Waals surface area contributed by atoms with Crippen LogP contribution >= 0.6 is 0 Å². The largest absolute Gasteiger partial charge is 0.309 e. The fraction of sp³-hybridized carbons (Fsp3) is 0. The van der Waals surface area contributed by atoms with Crippen LogP contribution < -0.4 is 0 Å². The number of nitrogens with zero attached hydrogens (tertiary/aromatic N) is 3. The predicted octanol–water partition coefficient (Wildman–Crippen LogP) is 16.0. The van der Waals surface area contributed by atoms with E-state index >= 15 is 0 Å². The van der Waals surface area contributed by atoms with E-state index in [0.29, 0.717) is 0 Å². The second-order valence-corrected chi connectivity index (χ2v) is 16.6. The molecule has 0 fully saturated rings. The summed E-state index contributed by atoms with van der Waals surface area (Å²) >= 11 is 0. The molecule has 294 valence electrons. The van der Waals surface area contributed by atoms with Crippen molar-refractivity contribution < 1.29 is 0 Å². The summed E-state index contributed by atoms with van der Waals surface area (Å²) in [5.74, 6) is 0. The molecule has 0 N–H and O–H groups in total. The third-order valence-corrected chi connectivity index (χ3v) is 13.0. The smallest absolute Gasteiger partial charge is 0.0561 e. The number of fused-ring (bicyclic) bond motifs is 9. The van der Waals surface area contributed by atoms with Crippen molar-refractivity contribution in [3.05, 3.63) is 237 Å². The highest BCUT2D eigenvalue weighted by atomic mass is 15.0. The van der Waals surface area contributed by atoms with Gasteiger partial charge in [0, 0.05) is 49.4 Å². The lowest BCUT2D eigenvalue weighted by atomic mass is 9.95. The average Bonchev–Trinajstić information content (AvgIpc) is 4.00. The molecule has 0 saturated carbocycles. The summed E-state index contributed by atoms with van der Waals surface area (Å²) in [5, 5.41) is 7.44. The van der Waals surface area contributed by atoms with Gasteiger partial charge in [-0.3, -0.25) is 0 Å². The third-order valence-electron chi connectivity index (χ3n) is 13.0. The number of aromatic nitrogens is 3. The molecule has 13 rings (SSSR count). The highest BCUT2D eigenvalue weighted by molar-refractivity contribution is 6.14. The minimum atomic E-state index is 1.12. The summed E-state index contributed by atoms with van der Waals surface area (Å²) in [6.45, 7) is 0. The Morgan fingerprint density at radius 3 is 1.11 bits per heavy atom. The first-order valence-corrected chi connectivity index (χ1v) is 21.7. The van der Waals surface area contributed by atoms with E-state index in [0.717, 1.165) is 22.6 Å². The highest BCUT2D eigenvalue weighted by Gasteiger charge is 2.19. The van der Waals surface area contributed by atoms with Crippen molar-refractivity contribution >= 4 is 65.4 Å². The zero-order chi connectivity index (χ0) is 41.4. The fourth-order valence-corrected chi connectivity index (χ4v) is 10.2. The van der Waals surface area contributed by atoms with Gasteiger partial charge < -0.3 is 13.7 Å². The van der Waals surface area contributed by atoms with Gasteiger partial charge in [-0.1, -0.05) is 158 Å². The molecule has 0 aliphatic carbocycles. The molecule has 0 radical (unpaired) electrons. The second kappa shape index (κ2) is 14.1. The van der Waals surface area contributed by atoms with Crippen LogP contribution in [-0.2, 0) is 0 Å². The molecule has 0 unspecified atom stereocenters. The molecule has 3 aromatic heterocycles. The van der Waals surface area contributed by atoms with Gasteiger partial charge in [0.05, 0.1) is 33.1 Å². The van der Waals surface area contributed by atoms with Crippen LogP contribution in [0, 0.1) is 0 Å². The zero-order valence-electron chi connectivity index (χ0n) is 34.4. The molecule has 0 aliphatic heterocycles. The van der Waals surface area contributed by atoms with Gasteiger partial charge in [0.25, 0.3) is 0 Å². The molecule has 0 spiro atoms. The molecule has 0 amide bonds. The maximum atomic E-state index is 2.47. The minimum Gasteiger partial charge on any atom is -0.309 e. The number of para-hydroxylation sites is 4. The zero-order valence-corrected chi connectivity index (χ0v) is 34.4. The Kier molecular flexibility index (Phi) is 7.91. The maximum absolute atomic E-state index is 2.47. The SMILES string of the molecule is c1ccc(-c2cccc(-c3cc(-c4ccccc4)cc(-n4c5ccccc5c5ccc(-n6c7ccccc7c7cc(-n8c9ccccc9c9ccccc98)ccc76)cc54)c3)c2)cc1. The normalized spacial score (nSPS) is 11.8. The topological polar surface area (TPSA) is 14.8 Å². The summed E-state index contributed by atoms with van der Waals surface area (Å²) in [6, 6.07) is 86.6. The van der Waals surface area contributed by atoms with E-state index in [1.54, 1.807) is 0 Å². The molecule has 10 aromatic carbocycles. The van der Waals surface area contributed by atoms with Gasteiger partial charge in [0.2, 0.25) is 0 Å². The minimum absolute atomic E-state index is 1.12. The van der Waals surface area contributed by atoms with Gasteiger partial charge in [0.1, 0.15) is 0 Å². The Labute approximate surface area is 364 Å². The first kappa shape index (κ1) is 35.4. The quantitative estimate of drug-likeness (QED) is 0.159. The molecule has 0 atom stereocenters. The first-order valence-electron chi connectivity index (χ1n) is 21.7. The van der Waals surface area contributed by atoms with Crippen molar-refractivity contribution in [1.82, 2.24) is 13.7 Å². The van der Waals surface area contributed by atoms with Crippen molar-refractivity contribution in [1.29, 1.82) is 0 Å². The lowest BCUT2D eigenvalue weighted by Gasteiger charge is -2.15. The Morgan fingerprint density at radius 1 is 0.175 bits per heavy atom. The Balaban J connectivity index is 1.03. The van der Waals surface area contributed by atoms with Crippen LogP contribution in [0.4, 0.5) is 0 Å². The van der Waals surface area contributed by atoms with Gasteiger partial charge in [-0.2, -0.15) is 0 Å². The Morgan fingerprint density at radius 2 is 0.540 bits per heavy atom. The van der Waals surface area contributed by atoms with E-state index in [4.69, 9.17) is 0 Å². The van der Waals surface area contributed by atoms with E-state index in [1.165, 1.54) is 93.3 Å². The lowest BCUT2D eigenvalue weighted by Crippen LogP contribution is -1.98. The third kappa shape index (κ3) is 5.60. The molecule has 0 bridgehead atoms. The molecular formula is C60H39N3. The standard InChI is InChI=1S/C60H39N3/c1-3-16-40(17-4-1)42-20-15-21-43(34-42)45-35-44(41-18-5-2-6-19-41)36-48(37-45)63-57-28-13-9-24-51(57)53-32-30-47(39-60(53)63)62-58-29-14-10-25-52(58)54-38-46(31-33-59(54)62)61-55-26-11-7-22-49(55)50-23-8-12-27-56(50)61/h1-39H. The summed E-state index contributed by atoms with van der Waals surface area (Å²) < 4.78 is 7.33. The van der Waals surface area contributed by atoms with Crippen molar-refractivity contribution in [3.8, 4) is 50.4 Å². The van der Waals surface area contributed by atoms with E-state index in [9.17, 15) is 0 Å². The highest BCUT2D eigenvalue weighted by Crippen LogP contribution is 2.41. The Hall–Kier alpha value is -8.40. The number of hydrogen-bond donors (Lipinski definition) is 0. The number of benzene rings is 10. The molecule has 0 saturated heterocycles. The summed E-state index contributed by atoms with van der Waals surface area (Å²) in [7, 11) is 0. The van der Waals surface area contributed by atoms with Crippen molar-refractivity contribution in [2.24, 2.45) is 0 Å². The van der Waals surface area contributed by atoms with Gasteiger partial charge in [0.15, 0.2) is 0 Å².